The van der Waals surface area contributed by atoms with E-state index in [0.29, 0.717) is 24.5 Å². The summed E-state index contributed by atoms with van der Waals surface area (Å²) in [5, 5.41) is 12.6. The van der Waals surface area contributed by atoms with Gasteiger partial charge in [-0.1, -0.05) is 0 Å². The number of methoxy groups -OCH3 is 1. The zero-order chi connectivity index (χ0) is 14.8. The highest BCUT2D eigenvalue weighted by atomic mass is 16.5. The molecular formula is C15H18N4O2. The van der Waals surface area contributed by atoms with E-state index in [0.717, 1.165) is 31.4 Å². The Morgan fingerprint density at radius 2 is 2.43 bits per heavy atom. The van der Waals surface area contributed by atoms with Crippen molar-refractivity contribution in [1.29, 1.82) is 5.26 Å². The van der Waals surface area contributed by atoms with E-state index in [9.17, 15) is 10.1 Å². The van der Waals surface area contributed by atoms with E-state index in [1.165, 1.54) is 12.7 Å². The van der Waals surface area contributed by atoms with E-state index in [2.05, 4.69) is 16.4 Å². The first kappa shape index (κ1) is 13.7. The number of nitriles is 1. The molecule has 1 atom stereocenters. The molecule has 2 aliphatic rings. The summed E-state index contributed by atoms with van der Waals surface area (Å²) in [5.41, 5.74) is 2.88. The van der Waals surface area contributed by atoms with Gasteiger partial charge in [-0.3, -0.25) is 0 Å². The lowest BCUT2D eigenvalue weighted by atomic mass is 10.1. The Morgan fingerprint density at radius 3 is 3.19 bits per heavy atom. The highest BCUT2D eigenvalue weighted by molar-refractivity contribution is 5.68. The molecule has 0 spiro atoms. The number of anilines is 1. The van der Waals surface area contributed by atoms with Gasteiger partial charge in [0.15, 0.2) is 0 Å². The zero-order valence-electron chi connectivity index (χ0n) is 12.1. The molecule has 1 aromatic heterocycles. The van der Waals surface area contributed by atoms with Gasteiger partial charge in [0.05, 0.1) is 12.7 Å². The van der Waals surface area contributed by atoms with Crippen molar-refractivity contribution in [1.82, 2.24) is 9.88 Å². The van der Waals surface area contributed by atoms with Crippen LogP contribution in [0, 0.1) is 11.3 Å². The number of pyridine rings is 1. The number of carbonyl (C=O) groups excluding carboxylic acids is 1. The monoisotopic (exact) mass is 286 g/mol. The Bertz CT molecular complexity index is 608. The number of fused-ring (bicyclic) bond motifs is 1. The molecule has 1 aromatic rings. The molecule has 0 radical (unpaired) electrons. The van der Waals surface area contributed by atoms with Crippen LogP contribution in [0.3, 0.4) is 0 Å². The fraction of sp³-hybridized carbons (Fsp3) is 0.533. The number of hydrogen-bond donors (Lipinski definition) is 1. The van der Waals surface area contributed by atoms with Gasteiger partial charge in [0.25, 0.3) is 0 Å². The molecular weight excluding hydrogens is 268 g/mol. The minimum atomic E-state index is -0.304. The molecule has 1 saturated heterocycles. The normalized spacial score (nSPS) is 20.0. The fourth-order valence-corrected chi connectivity index (χ4v) is 3.03. The summed E-state index contributed by atoms with van der Waals surface area (Å²) < 4.78 is 4.73. The van der Waals surface area contributed by atoms with Gasteiger partial charge in [-0.2, -0.15) is 5.26 Å². The van der Waals surface area contributed by atoms with Crippen LogP contribution >= 0.6 is 0 Å². The minimum absolute atomic E-state index is 0.114. The quantitative estimate of drug-likeness (QED) is 0.895. The van der Waals surface area contributed by atoms with Gasteiger partial charge >= 0.3 is 6.09 Å². The van der Waals surface area contributed by atoms with Crippen molar-refractivity contribution in [3.63, 3.8) is 0 Å². The molecule has 0 saturated carbocycles. The molecule has 1 aliphatic carbocycles. The number of ether oxygens (including phenoxy) is 1. The summed E-state index contributed by atoms with van der Waals surface area (Å²) in [7, 11) is 1.39. The Labute approximate surface area is 123 Å². The Hall–Kier alpha value is -2.29. The smallest absolute Gasteiger partial charge is 0.409 e. The van der Waals surface area contributed by atoms with Gasteiger partial charge in [0.1, 0.15) is 11.9 Å². The predicted octanol–water partition coefficient (Wildman–Crippen LogP) is 1.69. The van der Waals surface area contributed by atoms with Gasteiger partial charge in [-0.25, -0.2) is 9.78 Å². The van der Waals surface area contributed by atoms with Crippen LogP contribution in [0.2, 0.25) is 0 Å². The lowest BCUT2D eigenvalue weighted by Gasteiger charge is -2.17. The third-order valence-electron chi connectivity index (χ3n) is 4.13. The first-order valence-corrected chi connectivity index (χ1v) is 7.23. The van der Waals surface area contributed by atoms with Crippen molar-refractivity contribution in [2.45, 2.75) is 31.7 Å². The molecule has 1 aliphatic heterocycles. The SMILES string of the molecule is COC(=O)N1CC[C@@H](Nc2nc3c(cc2C#N)CCC3)C1. The maximum absolute atomic E-state index is 11.5. The average molecular weight is 286 g/mol. The third-order valence-corrected chi connectivity index (χ3v) is 4.13. The predicted molar refractivity (Wildman–Crippen MR) is 77.0 cm³/mol. The zero-order valence-corrected chi connectivity index (χ0v) is 12.1. The van der Waals surface area contributed by atoms with Crippen molar-refractivity contribution < 1.29 is 9.53 Å². The number of amides is 1. The van der Waals surface area contributed by atoms with Crippen LogP contribution in [-0.4, -0.2) is 42.2 Å². The van der Waals surface area contributed by atoms with Gasteiger partial charge < -0.3 is 15.0 Å². The molecule has 6 heteroatoms. The van der Waals surface area contributed by atoms with Gasteiger partial charge in [-0.05, 0) is 37.3 Å². The Morgan fingerprint density at radius 1 is 1.57 bits per heavy atom. The fourth-order valence-electron chi connectivity index (χ4n) is 3.03. The van der Waals surface area contributed by atoms with E-state index >= 15 is 0 Å². The summed E-state index contributed by atoms with van der Waals surface area (Å²) in [4.78, 5) is 17.8. The van der Waals surface area contributed by atoms with Crippen LogP contribution in [0.5, 0.6) is 0 Å². The number of aromatic nitrogens is 1. The first-order valence-electron chi connectivity index (χ1n) is 7.23. The van der Waals surface area contributed by atoms with Crippen LogP contribution in [-0.2, 0) is 17.6 Å². The van der Waals surface area contributed by atoms with E-state index in [-0.39, 0.29) is 12.1 Å². The molecule has 0 bridgehead atoms. The molecule has 0 aromatic carbocycles. The number of rotatable bonds is 2. The van der Waals surface area contributed by atoms with Crippen molar-refractivity contribution >= 4 is 11.9 Å². The molecule has 1 fully saturated rings. The van der Waals surface area contributed by atoms with Crippen LogP contribution < -0.4 is 5.32 Å². The van der Waals surface area contributed by atoms with Crippen molar-refractivity contribution in [3.8, 4) is 6.07 Å². The lowest BCUT2D eigenvalue weighted by molar-refractivity contribution is 0.133. The minimum Gasteiger partial charge on any atom is -0.453 e. The van der Waals surface area contributed by atoms with Crippen LogP contribution in [0.4, 0.5) is 10.6 Å². The van der Waals surface area contributed by atoms with Crippen LogP contribution in [0.25, 0.3) is 0 Å². The summed E-state index contributed by atoms with van der Waals surface area (Å²) >= 11 is 0. The molecule has 3 rings (SSSR count). The second-order valence-electron chi connectivity index (χ2n) is 5.50. The second-order valence-corrected chi connectivity index (χ2v) is 5.50. The Kier molecular flexibility index (Phi) is 3.65. The van der Waals surface area contributed by atoms with E-state index in [1.54, 1.807) is 4.90 Å². The molecule has 21 heavy (non-hydrogen) atoms. The largest absolute Gasteiger partial charge is 0.453 e. The van der Waals surface area contributed by atoms with Crippen molar-refractivity contribution in [2.75, 3.05) is 25.5 Å². The number of nitrogens with zero attached hydrogens (tertiary/aromatic N) is 3. The maximum atomic E-state index is 11.5. The number of aryl methyl sites for hydroxylation is 2. The standard InChI is InChI=1S/C15H18N4O2/c1-21-15(20)19-6-5-12(9-19)17-14-11(8-16)7-10-3-2-4-13(10)18-14/h7,12H,2-6,9H2,1H3,(H,17,18)/t12-/m1/s1. The topological polar surface area (TPSA) is 78.2 Å². The van der Waals surface area contributed by atoms with Crippen molar-refractivity contribution in [2.24, 2.45) is 0 Å². The number of nitrogens with one attached hydrogen (secondary N) is 1. The highest BCUT2D eigenvalue weighted by Gasteiger charge is 2.28. The molecule has 110 valence electrons. The van der Waals surface area contributed by atoms with Gasteiger partial charge in [0, 0.05) is 24.8 Å². The second kappa shape index (κ2) is 5.60. The molecule has 2 heterocycles. The molecule has 6 nitrogen and oxygen atoms in total. The molecule has 1 amide bonds. The average Bonchev–Trinajstić information content (AvgIpc) is 3.14. The summed E-state index contributed by atoms with van der Waals surface area (Å²) in [6.45, 7) is 1.24. The van der Waals surface area contributed by atoms with Gasteiger partial charge in [0.2, 0.25) is 0 Å². The summed E-state index contributed by atoms with van der Waals surface area (Å²) in [6, 6.07) is 4.28. The van der Waals surface area contributed by atoms with E-state index in [4.69, 9.17) is 4.74 Å². The number of carbonyl (C=O) groups is 1. The van der Waals surface area contributed by atoms with Gasteiger partial charge in [-0.15, -0.1) is 0 Å². The highest BCUT2D eigenvalue weighted by Crippen LogP contribution is 2.26. The number of likely N-dealkylation sites (tertiary alicyclic amines) is 1. The third kappa shape index (κ3) is 2.64. The number of hydrogen-bond acceptors (Lipinski definition) is 5. The lowest BCUT2D eigenvalue weighted by Crippen LogP contribution is -2.31. The molecule has 1 N–H and O–H groups in total. The Balaban J connectivity index is 1.74. The van der Waals surface area contributed by atoms with E-state index in [1.807, 2.05) is 6.07 Å². The maximum Gasteiger partial charge on any atom is 0.409 e. The first-order chi connectivity index (χ1) is 10.2. The van der Waals surface area contributed by atoms with Crippen LogP contribution in [0.1, 0.15) is 29.7 Å². The van der Waals surface area contributed by atoms with Crippen molar-refractivity contribution in [3.05, 3.63) is 22.9 Å². The van der Waals surface area contributed by atoms with E-state index < -0.39 is 0 Å². The summed E-state index contributed by atoms with van der Waals surface area (Å²) in [6.07, 6.45) is 3.63. The molecule has 0 unspecified atom stereocenters. The summed E-state index contributed by atoms with van der Waals surface area (Å²) in [5.74, 6) is 0.648. The van der Waals surface area contributed by atoms with Crippen LogP contribution in [0.15, 0.2) is 6.07 Å².